The van der Waals surface area contributed by atoms with Crippen LogP contribution in [0.25, 0.3) is 6.08 Å². The number of nitrogens with zero attached hydrogens (tertiary/aromatic N) is 2. The molecule has 7 heteroatoms. The monoisotopic (exact) mass is 374 g/mol. The third-order valence-corrected chi connectivity index (χ3v) is 4.22. The minimum atomic E-state index is -0.587. The lowest BCUT2D eigenvalue weighted by Gasteiger charge is -2.09. The first kappa shape index (κ1) is 19.7. The van der Waals surface area contributed by atoms with Crippen molar-refractivity contribution in [2.75, 3.05) is 5.32 Å². The molecule has 2 rings (SSSR count). The number of nitrogens with one attached hydrogen (secondary N) is 1. The number of benzene rings is 1. The van der Waals surface area contributed by atoms with Crippen molar-refractivity contribution >= 4 is 35.2 Å². The van der Waals surface area contributed by atoms with Crippen LogP contribution in [-0.4, -0.2) is 21.6 Å². The van der Waals surface area contributed by atoms with E-state index in [1.54, 1.807) is 35.9 Å². The largest absolute Gasteiger partial charge is 0.366 e. The molecule has 1 heterocycles. The fourth-order valence-corrected chi connectivity index (χ4v) is 2.96. The topological polar surface area (TPSA) is 90.0 Å². The number of amides is 2. The summed E-state index contributed by atoms with van der Waals surface area (Å²) < 4.78 is 1.73. The Bertz CT molecular complexity index is 869. The lowest BCUT2D eigenvalue weighted by atomic mass is 10.1. The SMILES string of the molecule is Cc1cccc(NC(=O)/C=C/c2c(C)nn(CC(C)C)c2Cl)c1C(N)=O. The number of aromatic nitrogens is 2. The maximum absolute atomic E-state index is 12.3. The molecule has 0 atom stereocenters. The Kier molecular flexibility index (Phi) is 6.21. The molecular formula is C19H23ClN4O2. The van der Waals surface area contributed by atoms with Gasteiger partial charge in [0.25, 0.3) is 5.91 Å². The minimum Gasteiger partial charge on any atom is -0.366 e. The third-order valence-electron chi connectivity index (χ3n) is 3.83. The van der Waals surface area contributed by atoms with Gasteiger partial charge in [-0.05, 0) is 37.5 Å². The molecule has 0 radical (unpaired) electrons. The van der Waals surface area contributed by atoms with Gasteiger partial charge in [0.05, 0.1) is 16.9 Å². The van der Waals surface area contributed by atoms with E-state index in [-0.39, 0.29) is 5.91 Å². The van der Waals surface area contributed by atoms with E-state index < -0.39 is 5.91 Å². The molecule has 138 valence electrons. The number of carbonyl (C=O) groups excluding carboxylic acids is 2. The fourth-order valence-electron chi connectivity index (χ4n) is 2.66. The van der Waals surface area contributed by atoms with Crippen LogP contribution in [0.15, 0.2) is 24.3 Å². The first-order valence-electron chi connectivity index (χ1n) is 8.32. The first-order chi connectivity index (χ1) is 12.2. The number of rotatable bonds is 6. The van der Waals surface area contributed by atoms with Gasteiger partial charge in [-0.3, -0.25) is 14.3 Å². The number of primary amides is 1. The number of nitrogens with two attached hydrogens (primary N) is 1. The number of carbonyl (C=O) groups is 2. The second-order valence-corrected chi connectivity index (χ2v) is 6.91. The van der Waals surface area contributed by atoms with E-state index in [1.165, 1.54) is 6.08 Å². The van der Waals surface area contributed by atoms with E-state index >= 15 is 0 Å². The first-order valence-corrected chi connectivity index (χ1v) is 8.69. The number of anilines is 1. The van der Waals surface area contributed by atoms with Crippen molar-refractivity contribution < 1.29 is 9.59 Å². The van der Waals surface area contributed by atoms with Crippen molar-refractivity contribution in [2.24, 2.45) is 11.7 Å². The van der Waals surface area contributed by atoms with Gasteiger partial charge in [-0.1, -0.05) is 37.6 Å². The Balaban J connectivity index is 2.20. The summed E-state index contributed by atoms with van der Waals surface area (Å²) in [5, 5.41) is 7.58. The molecule has 1 aromatic heterocycles. The standard InChI is InChI=1S/C19H23ClN4O2/c1-11(2)10-24-18(20)14(13(4)23-24)8-9-16(25)22-15-7-5-6-12(3)17(15)19(21)26/h5-9,11H,10H2,1-4H3,(H2,21,26)(H,22,25)/b9-8+. The highest BCUT2D eigenvalue weighted by molar-refractivity contribution is 6.31. The summed E-state index contributed by atoms with van der Waals surface area (Å²) in [6.07, 6.45) is 2.99. The van der Waals surface area contributed by atoms with Gasteiger partial charge in [-0.15, -0.1) is 0 Å². The van der Waals surface area contributed by atoms with E-state index in [4.69, 9.17) is 17.3 Å². The zero-order valence-electron chi connectivity index (χ0n) is 15.3. The molecule has 0 unspecified atom stereocenters. The van der Waals surface area contributed by atoms with Gasteiger partial charge in [0.1, 0.15) is 5.15 Å². The van der Waals surface area contributed by atoms with E-state index in [1.807, 2.05) is 6.92 Å². The van der Waals surface area contributed by atoms with Crippen LogP contribution >= 0.6 is 11.6 Å². The summed E-state index contributed by atoms with van der Waals surface area (Å²) in [4.78, 5) is 23.9. The van der Waals surface area contributed by atoms with Crippen molar-refractivity contribution in [2.45, 2.75) is 34.2 Å². The van der Waals surface area contributed by atoms with E-state index in [2.05, 4.69) is 24.3 Å². The average molecular weight is 375 g/mol. The van der Waals surface area contributed by atoms with Gasteiger partial charge < -0.3 is 11.1 Å². The molecular weight excluding hydrogens is 352 g/mol. The number of aryl methyl sites for hydroxylation is 2. The van der Waals surface area contributed by atoms with Crippen LogP contribution < -0.4 is 11.1 Å². The number of hydrogen-bond acceptors (Lipinski definition) is 3. The van der Waals surface area contributed by atoms with Gasteiger partial charge in [0, 0.05) is 18.2 Å². The quantitative estimate of drug-likeness (QED) is 0.757. The molecule has 1 aromatic carbocycles. The van der Waals surface area contributed by atoms with Crippen LogP contribution in [0.4, 0.5) is 5.69 Å². The molecule has 26 heavy (non-hydrogen) atoms. The van der Waals surface area contributed by atoms with E-state index in [9.17, 15) is 9.59 Å². The Morgan fingerprint density at radius 3 is 2.65 bits per heavy atom. The molecule has 0 aliphatic rings. The molecule has 0 aliphatic heterocycles. The van der Waals surface area contributed by atoms with Crippen molar-refractivity contribution in [1.29, 1.82) is 0 Å². The second kappa shape index (κ2) is 8.19. The maximum Gasteiger partial charge on any atom is 0.251 e. The minimum absolute atomic E-state index is 0.299. The fraction of sp³-hybridized carbons (Fsp3) is 0.316. The van der Waals surface area contributed by atoms with Crippen LogP contribution in [0.2, 0.25) is 5.15 Å². The summed E-state index contributed by atoms with van der Waals surface area (Å²) in [5.41, 5.74) is 8.22. The van der Waals surface area contributed by atoms with Crippen molar-refractivity contribution in [3.8, 4) is 0 Å². The normalized spacial score (nSPS) is 11.3. The van der Waals surface area contributed by atoms with E-state index in [0.717, 1.165) is 5.69 Å². The highest BCUT2D eigenvalue weighted by Crippen LogP contribution is 2.23. The lowest BCUT2D eigenvalue weighted by Crippen LogP contribution is -2.18. The Hall–Kier alpha value is -2.60. The van der Waals surface area contributed by atoms with E-state index in [0.29, 0.717) is 40.0 Å². The smallest absolute Gasteiger partial charge is 0.251 e. The predicted molar refractivity (Wildman–Crippen MR) is 104 cm³/mol. The maximum atomic E-state index is 12.3. The lowest BCUT2D eigenvalue weighted by molar-refractivity contribution is -0.111. The Morgan fingerprint density at radius 2 is 2.04 bits per heavy atom. The Labute approximate surface area is 158 Å². The summed E-state index contributed by atoms with van der Waals surface area (Å²) in [7, 11) is 0. The molecule has 6 nitrogen and oxygen atoms in total. The van der Waals surface area contributed by atoms with Crippen LogP contribution in [0, 0.1) is 19.8 Å². The molecule has 0 fully saturated rings. The van der Waals surface area contributed by atoms with Crippen LogP contribution in [-0.2, 0) is 11.3 Å². The zero-order valence-corrected chi connectivity index (χ0v) is 16.1. The van der Waals surface area contributed by atoms with Gasteiger partial charge in [0.15, 0.2) is 0 Å². The average Bonchev–Trinajstić information content (AvgIpc) is 2.78. The van der Waals surface area contributed by atoms with Crippen molar-refractivity contribution in [1.82, 2.24) is 9.78 Å². The van der Waals surface area contributed by atoms with Gasteiger partial charge in [-0.2, -0.15) is 5.10 Å². The summed E-state index contributed by atoms with van der Waals surface area (Å²) in [5.74, 6) is -0.568. The molecule has 0 spiro atoms. The molecule has 0 saturated heterocycles. The van der Waals surface area contributed by atoms with Gasteiger partial charge in [0.2, 0.25) is 5.91 Å². The second-order valence-electron chi connectivity index (χ2n) is 6.55. The highest BCUT2D eigenvalue weighted by Gasteiger charge is 2.14. The summed E-state index contributed by atoms with van der Waals surface area (Å²) in [6, 6.07) is 5.15. The third kappa shape index (κ3) is 4.52. The summed E-state index contributed by atoms with van der Waals surface area (Å²) in [6.45, 7) is 8.46. The van der Waals surface area contributed by atoms with Crippen LogP contribution in [0.3, 0.4) is 0 Å². The molecule has 0 bridgehead atoms. The van der Waals surface area contributed by atoms with Gasteiger partial charge in [-0.25, -0.2) is 0 Å². The molecule has 0 saturated carbocycles. The molecule has 0 aliphatic carbocycles. The molecule has 2 aromatic rings. The van der Waals surface area contributed by atoms with Crippen LogP contribution in [0.5, 0.6) is 0 Å². The molecule has 2 amide bonds. The molecule has 3 N–H and O–H groups in total. The number of hydrogen-bond donors (Lipinski definition) is 2. The Morgan fingerprint density at radius 1 is 1.35 bits per heavy atom. The van der Waals surface area contributed by atoms with Crippen LogP contribution in [0.1, 0.15) is 41.0 Å². The summed E-state index contributed by atoms with van der Waals surface area (Å²) >= 11 is 6.36. The predicted octanol–water partition coefficient (Wildman–Crippen LogP) is 3.56. The van der Waals surface area contributed by atoms with Crippen molar-refractivity contribution in [3.63, 3.8) is 0 Å². The zero-order chi connectivity index (χ0) is 19.4. The number of halogens is 1. The van der Waals surface area contributed by atoms with Gasteiger partial charge >= 0.3 is 0 Å². The highest BCUT2D eigenvalue weighted by atomic mass is 35.5. The van der Waals surface area contributed by atoms with Crippen molar-refractivity contribution in [3.05, 3.63) is 51.8 Å².